The molecule has 1 fully saturated rings. The van der Waals surface area contributed by atoms with E-state index in [2.05, 4.69) is 15.2 Å². The van der Waals surface area contributed by atoms with Crippen LogP contribution in [0.3, 0.4) is 0 Å². The molecule has 1 aromatic rings. The smallest absolute Gasteiger partial charge is 0.227 e. The molecule has 2 rings (SSSR count). The summed E-state index contributed by atoms with van der Waals surface area (Å²) in [5, 5.41) is 6.82. The van der Waals surface area contributed by atoms with Gasteiger partial charge in [0, 0.05) is 13.1 Å². The number of hydrogen-bond donors (Lipinski definition) is 2. The van der Waals surface area contributed by atoms with Crippen LogP contribution in [0.4, 0.5) is 0 Å². The third-order valence-electron chi connectivity index (χ3n) is 3.53. The van der Waals surface area contributed by atoms with Gasteiger partial charge in [-0.1, -0.05) is 12.8 Å². The Hall–Kier alpha value is -1.43. The first-order valence-electron chi connectivity index (χ1n) is 6.46. The Morgan fingerprint density at radius 2 is 2.22 bits per heavy atom. The number of hydrogen-bond acceptors (Lipinski definition) is 4. The summed E-state index contributed by atoms with van der Waals surface area (Å²) in [5.74, 6) is 1.49. The van der Waals surface area contributed by atoms with Crippen LogP contribution in [0.25, 0.3) is 0 Å². The molecule has 3 N–H and O–H groups in total. The van der Waals surface area contributed by atoms with E-state index in [1.54, 1.807) is 11.9 Å². The molecule has 0 saturated heterocycles. The number of rotatable bonds is 3. The molecule has 100 valence electrons. The molecule has 1 aromatic heterocycles. The van der Waals surface area contributed by atoms with E-state index in [9.17, 15) is 4.79 Å². The Balaban J connectivity index is 1.95. The van der Waals surface area contributed by atoms with E-state index in [0.717, 1.165) is 31.5 Å². The van der Waals surface area contributed by atoms with Gasteiger partial charge in [0.05, 0.1) is 12.5 Å². The van der Waals surface area contributed by atoms with Gasteiger partial charge >= 0.3 is 0 Å². The van der Waals surface area contributed by atoms with Crippen molar-refractivity contribution in [3.8, 4) is 0 Å². The number of carbonyl (C=O) groups excluding carboxylic acids is 1. The first-order chi connectivity index (χ1) is 8.58. The summed E-state index contributed by atoms with van der Waals surface area (Å²) < 4.78 is 0. The largest absolute Gasteiger partial charge is 0.338 e. The zero-order valence-corrected chi connectivity index (χ0v) is 11.0. The summed E-state index contributed by atoms with van der Waals surface area (Å²) in [6.45, 7) is 2.28. The van der Waals surface area contributed by atoms with Crippen molar-refractivity contribution in [2.24, 2.45) is 11.7 Å². The molecule has 2 atom stereocenters. The van der Waals surface area contributed by atoms with Gasteiger partial charge in [0.1, 0.15) is 5.82 Å². The molecule has 6 heteroatoms. The Kier molecular flexibility index (Phi) is 3.96. The molecule has 1 amide bonds. The summed E-state index contributed by atoms with van der Waals surface area (Å²) in [5.41, 5.74) is 6.03. The SMILES string of the molecule is Cc1nc(CN(C)C(=O)C2CCCCC2N)n[nH]1. The van der Waals surface area contributed by atoms with Gasteiger partial charge in [0.2, 0.25) is 5.91 Å². The third-order valence-corrected chi connectivity index (χ3v) is 3.53. The fraction of sp³-hybridized carbons (Fsp3) is 0.750. The van der Waals surface area contributed by atoms with Crippen LogP contribution in [0.15, 0.2) is 0 Å². The molecule has 1 aliphatic rings. The minimum atomic E-state index is -0.0382. The fourth-order valence-electron chi connectivity index (χ4n) is 2.50. The lowest BCUT2D eigenvalue weighted by Crippen LogP contribution is -2.44. The maximum Gasteiger partial charge on any atom is 0.227 e. The van der Waals surface area contributed by atoms with Crippen LogP contribution in [-0.2, 0) is 11.3 Å². The normalized spacial score (nSPS) is 23.9. The van der Waals surface area contributed by atoms with Crippen LogP contribution >= 0.6 is 0 Å². The maximum atomic E-state index is 12.3. The van der Waals surface area contributed by atoms with E-state index in [-0.39, 0.29) is 17.9 Å². The van der Waals surface area contributed by atoms with Gasteiger partial charge in [-0.05, 0) is 19.8 Å². The van der Waals surface area contributed by atoms with Crippen LogP contribution in [-0.4, -0.2) is 39.1 Å². The molecule has 0 spiro atoms. The number of nitrogens with one attached hydrogen (secondary N) is 1. The molecular weight excluding hydrogens is 230 g/mol. The first-order valence-corrected chi connectivity index (χ1v) is 6.46. The minimum Gasteiger partial charge on any atom is -0.338 e. The van der Waals surface area contributed by atoms with Crippen LogP contribution in [0.2, 0.25) is 0 Å². The fourth-order valence-corrected chi connectivity index (χ4v) is 2.50. The average molecular weight is 251 g/mol. The number of nitrogens with two attached hydrogens (primary N) is 1. The second-order valence-electron chi connectivity index (χ2n) is 5.09. The molecule has 1 heterocycles. The lowest BCUT2D eigenvalue weighted by molar-refractivity contribution is -0.136. The predicted molar refractivity (Wildman–Crippen MR) is 67.5 cm³/mol. The molecule has 0 radical (unpaired) electrons. The summed E-state index contributed by atoms with van der Waals surface area (Å²) in [7, 11) is 1.79. The van der Waals surface area contributed by atoms with Crippen molar-refractivity contribution < 1.29 is 4.79 Å². The Labute approximate surface area is 107 Å². The van der Waals surface area contributed by atoms with E-state index in [1.165, 1.54) is 0 Å². The lowest BCUT2D eigenvalue weighted by atomic mass is 9.84. The molecular formula is C12H21N5O. The molecule has 18 heavy (non-hydrogen) atoms. The van der Waals surface area contributed by atoms with Crippen molar-refractivity contribution >= 4 is 5.91 Å². The van der Waals surface area contributed by atoms with Gasteiger partial charge in [-0.3, -0.25) is 9.89 Å². The predicted octanol–water partition coefficient (Wildman–Crippen LogP) is 0.589. The van der Waals surface area contributed by atoms with E-state index >= 15 is 0 Å². The average Bonchev–Trinajstić information content (AvgIpc) is 2.74. The minimum absolute atomic E-state index is 0.00239. The molecule has 6 nitrogen and oxygen atoms in total. The number of aryl methyl sites for hydroxylation is 1. The summed E-state index contributed by atoms with van der Waals surface area (Å²) in [6.07, 6.45) is 4.08. The highest BCUT2D eigenvalue weighted by Gasteiger charge is 2.30. The van der Waals surface area contributed by atoms with Gasteiger partial charge in [-0.2, -0.15) is 5.10 Å². The van der Waals surface area contributed by atoms with Crippen LogP contribution in [0, 0.1) is 12.8 Å². The van der Waals surface area contributed by atoms with Gasteiger partial charge in [-0.25, -0.2) is 4.98 Å². The number of nitrogens with zero attached hydrogens (tertiary/aromatic N) is 3. The van der Waals surface area contributed by atoms with Gasteiger partial charge in [0.25, 0.3) is 0 Å². The van der Waals surface area contributed by atoms with Gasteiger partial charge in [0.15, 0.2) is 5.82 Å². The quantitative estimate of drug-likeness (QED) is 0.823. The number of aromatic nitrogens is 3. The molecule has 0 aromatic carbocycles. The van der Waals surface area contributed by atoms with Gasteiger partial charge < -0.3 is 10.6 Å². The van der Waals surface area contributed by atoms with Crippen molar-refractivity contribution in [3.05, 3.63) is 11.6 Å². The molecule has 2 unspecified atom stereocenters. The molecule has 0 aliphatic heterocycles. The number of amides is 1. The van der Waals surface area contributed by atoms with E-state index in [0.29, 0.717) is 12.4 Å². The van der Waals surface area contributed by atoms with Crippen molar-refractivity contribution in [1.29, 1.82) is 0 Å². The second kappa shape index (κ2) is 5.48. The highest BCUT2D eigenvalue weighted by Crippen LogP contribution is 2.24. The summed E-state index contributed by atoms with van der Waals surface area (Å²) in [4.78, 5) is 18.2. The summed E-state index contributed by atoms with van der Waals surface area (Å²) >= 11 is 0. The number of H-pyrrole nitrogens is 1. The number of carbonyl (C=O) groups is 1. The topological polar surface area (TPSA) is 87.9 Å². The second-order valence-corrected chi connectivity index (χ2v) is 5.09. The van der Waals surface area contributed by atoms with Crippen LogP contribution in [0.5, 0.6) is 0 Å². The monoisotopic (exact) mass is 251 g/mol. The zero-order valence-electron chi connectivity index (χ0n) is 11.0. The highest BCUT2D eigenvalue weighted by atomic mass is 16.2. The van der Waals surface area contributed by atoms with Crippen molar-refractivity contribution in [2.45, 2.75) is 45.2 Å². The Morgan fingerprint density at radius 1 is 1.50 bits per heavy atom. The van der Waals surface area contributed by atoms with Crippen LogP contribution in [0.1, 0.15) is 37.3 Å². The van der Waals surface area contributed by atoms with Crippen molar-refractivity contribution in [2.75, 3.05) is 7.05 Å². The Bertz CT molecular complexity index is 416. The highest BCUT2D eigenvalue weighted by molar-refractivity contribution is 5.79. The molecule has 1 saturated carbocycles. The van der Waals surface area contributed by atoms with E-state index in [1.807, 2.05) is 6.92 Å². The van der Waals surface area contributed by atoms with E-state index < -0.39 is 0 Å². The van der Waals surface area contributed by atoms with E-state index in [4.69, 9.17) is 5.73 Å². The maximum absolute atomic E-state index is 12.3. The van der Waals surface area contributed by atoms with Gasteiger partial charge in [-0.15, -0.1) is 0 Å². The third kappa shape index (κ3) is 2.87. The zero-order chi connectivity index (χ0) is 13.1. The van der Waals surface area contributed by atoms with Crippen LogP contribution < -0.4 is 5.73 Å². The molecule has 1 aliphatic carbocycles. The summed E-state index contributed by atoms with van der Waals surface area (Å²) in [6, 6.07) is 0.00239. The Morgan fingerprint density at radius 3 is 2.83 bits per heavy atom. The molecule has 0 bridgehead atoms. The van der Waals surface area contributed by atoms with Crippen molar-refractivity contribution in [3.63, 3.8) is 0 Å². The number of aromatic amines is 1. The lowest BCUT2D eigenvalue weighted by Gasteiger charge is -2.30. The standard InChI is InChI=1S/C12H21N5O/c1-8-14-11(16-15-8)7-17(2)12(18)9-5-3-4-6-10(9)13/h9-10H,3-7,13H2,1-2H3,(H,14,15,16). The van der Waals surface area contributed by atoms with Crippen molar-refractivity contribution in [1.82, 2.24) is 20.1 Å². The first kappa shape index (κ1) is 13.0.